The molecule has 0 unspecified atom stereocenters. The highest BCUT2D eigenvalue weighted by molar-refractivity contribution is 5.71. The zero-order chi connectivity index (χ0) is 45.1. The van der Waals surface area contributed by atoms with Gasteiger partial charge in [-0.1, -0.05) is 216 Å². The van der Waals surface area contributed by atoms with Crippen molar-refractivity contribution in [1.82, 2.24) is 0 Å². The number of hydrogen-bond donors (Lipinski definition) is 0. The highest BCUT2D eigenvalue weighted by Gasteiger charge is 2.19. The van der Waals surface area contributed by atoms with Crippen molar-refractivity contribution < 1.29 is 28.6 Å². The Morgan fingerprint density at radius 3 is 1.10 bits per heavy atom. The van der Waals surface area contributed by atoms with Crippen LogP contribution in [0.2, 0.25) is 0 Å². The highest BCUT2D eigenvalue weighted by atomic mass is 16.6. The lowest BCUT2D eigenvalue weighted by atomic mass is 10.0. The van der Waals surface area contributed by atoms with E-state index in [-0.39, 0.29) is 37.5 Å². The van der Waals surface area contributed by atoms with Gasteiger partial charge in [-0.3, -0.25) is 14.4 Å². The molecule has 0 aliphatic rings. The Bertz CT molecular complexity index is 1180. The number of rotatable bonds is 46. The lowest BCUT2D eigenvalue weighted by Crippen LogP contribution is -2.30. The van der Waals surface area contributed by atoms with Crippen molar-refractivity contribution in [2.45, 2.75) is 252 Å². The predicted molar refractivity (Wildman–Crippen MR) is 265 cm³/mol. The van der Waals surface area contributed by atoms with Crippen LogP contribution in [0.25, 0.3) is 0 Å². The van der Waals surface area contributed by atoms with Gasteiger partial charge in [0.1, 0.15) is 13.2 Å². The van der Waals surface area contributed by atoms with E-state index in [2.05, 4.69) is 93.7 Å². The van der Waals surface area contributed by atoms with Crippen LogP contribution < -0.4 is 0 Å². The van der Waals surface area contributed by atoms with E-state index in [1.165, 1.54) is 116 Å². The van der Waals surface area contributed by atoms with Crippen LogP contribution in [0.3, 0.4) is 0 Å². The molecule has 0 N–H and O–H groups in total. The third-order valence-electron chi connectivity index (χ3n) is 10.9. The van der Waals surface area contributed by atoms with E-state index < -0.39 is 6.10 Å². The summed E-state index contributed by atoms with van der Waals surface area (Å²) in [4.78, 5) is 37.9. The molecule has 0 spiro atoms. The molecule has 0 aliphatic heterocycles. The van der Waals surface area contributed by atoms with E-state index in [0.717, 1.165) is 83.5 Å². The Kier molecular flexibility index (Phi) is 47.9. The Morgan fingerprint density at radius 1 is 0.339 bits per heavy atom. The van der Waals surface area contributed by atoms with E-state index in [0.29, 0.717) is 19.3 Å². The zero-order valence-electron chi connectivity index (χ0n) is 40.6. The van der Waals surface area contributed by atoms with Gasteiger partial charge < -0.3 is 14.2 Å². The first-order chi connectivity index (χ1) is 30.5. The molecule has 0 aromatic rings. The second kappa shape index (κ2) is 50.5. The van der Waals surface area contributed by atoms with Crippen molar-refractivity contribution in [3.63, 3.8) is 0 Å². The molecule has 6 nitrogen and oxygen atoms in total. The van der Waals surface area contributed by atoms with Gasteiger partial charge in [0.05, 0.1) is 0 Å². The van der Waals surface area contributed by atoms with Crippen molar-refractivity contribution in [2.24, 2.45) is 0 Å². The molecule has 356 valence electrons. The third-order valence-corrected chi connectivity index (χ3v) is 10.9. The van der Waals surface area contributed by atoms with Crippen LogP contribution in [0, 0.1) is 0 Å². The molecule has 0 bridgehead atoms. The van der Waals surface area contributed by atoms with E-state index in [9.17, 15) is 14.4 Å². The normalized spacial score (nSPS) is 12.6. The number of carbonyl (C=O) groups excluding carboxylic acids is 3. The minimum atomic E-state index is -0.798. The van der Waals surface area contributed by atoms with Crippen molar-refractivity contribution in [1.29, 1.82) is 0 Å². The zero-order valence-corrected chi connectivity index (χ0v) is 40.6. The molecule has 0 heterocycles. The standard InChI is InChI=1S/C56H96O6/c1-4-7-10-13-16-19-22-25-27-28-30-31-34-37-40-43-46-49-55(58)61-52-53(51-60-54(57)48-45-42-39-36-33-24-21-18-15-12-9-6-3)62-56(59)50-47-44-41-38-35-32-29-26-23-20-17-14-11-8-5-2/h7,10,16,18-19,21,25,27,30-31,37,40,53H,4-6,8-9,11-15,17,20,22-24,26,28-29,32-36,38-39,41-52H2,1-3H3/b10-7-,19-16-,21-18-,27-25-,31-30-,40-37-/t53-/m1/s1. The van der Waals surface area contributed by atoms with Gasteiger partial charge in [-0.05, 0) is 83.5 Å². The molecule has 0 radical (unpaired) electrons. The Balaban J connectivity index is 4.46. The molecule has 0 saturated heterocycles. The first kappa shape index (κ1) is 58.9. The van der Waals surface area contributed by atoms with Gasteiger partial charge in [-0.25, -0.2) is 0 Å². The highest BCUT2D eigenvalue weighted by Crippen LogP contribution is 2.15. The van der Waals surface area contributed by atoms with Crippen LogP contribution >= 0.6 is 0 Å². The smallest absolute Gasteiger partial charge is 0.306 e. The van der Waals surface area contributed by atoms with Gasteiger partial charge in [0.2, 0.25) is 0 Å². The fraction of sp³-hybridized carbons (Fsp3) is 0.732. The molecule has 0 aromatic heterocycles. The fourth-order valence-electron chi connectivity index (χ4n) is 7.06. The van der Waals surface area contributed by atoms with Gasteiger partial charge in [0, 0.05) is 19.3 Å². The average molecular weight is 865 g/mol. The van der Waals surface area contributed by atoms with E-state index >= 15 is 0 Å². The first-order valence-corrected chi connectivity index (χ1v) is 25.9. The third kappa shape index (κ3) is 47.9. The number of hydrogen-bond acceptors (Lipinski definition) is 6. The van der Waals surface area contributed by atoms with Gasteiger partial charge in [-0.2, -0.15) is 0 Å². The lowest BCUT2D eigenvalue weighted by molar-refractivity contribution is -0.167. The molecule has 1 atom stereocenters. The van der Waals surface area contributed by atoms with Crippen molar-refractivity contribution in [3.8, 4) is 0 Å². The van der Waals surface area contributed by atoms with Crippen LogP contribution in [0.5, 0.6) is 0 Å². The Labute approximate surface area is 382 Å². The second-order valence-electron chi connectivity index (χ2n) is 17.1. The van der Waals surface area contributed by atoms with E-state index in [1.54, 1.807) is 0 Å². The number of allylic oxidation sites excluding steroid dienone is 12. The SMILES string of the molecule is CC/C=C\C/C=C\C/C=C\C/C=C\C/C=C\CCCC(=O)OC[C@@H](COC(=O)CCCCCCC/C=C\CCCCC)OC(=O)CCCCCCCCCCCCCCCCC. The number of ether oxygens (including phenoxy) is 3. The summed E-state index contributed by atoms with van der Waals surface area (Å²) < 4.78 is 16.7. The minimum absolute atomic E-state index is 0.0959. The van der Waals surface area contributed by atoms with Crippen LogP contribution in [-0.2, 0) is 28.6 Å². The van der Waals surface area contributed by atoms with Crippen LogP contribution in [0.4, 0.5) is 0 Å². The van der Waals surface area contributed by atoms with E-state index in [4.69, 9.17) is 14.2 Å². The maximum atomic E-state index is 12.8. The summed E-state index contributed by atoms with van der Waals surface area (Å²) in [7, 11) is 0. The second-order valence-corrected chi connectivity index (χ2v) is 17.1. The lowest BCUT2D eigenvalue weighted by Gasteiger charge is -2.18. The first-order valence-electron chi connectivity index (χ1n) is 25.9. The molecule has 0 fully saturated rings. The molecule has 0 rings (SSSR count). The van der Waals surface area contributed by atoms with Gasteiger partial charge in [0.25, 0.3) is 0 Å². The summed E-state index contributed by atoms with van der Waals surface area (Å²) in [5, 5.41) is 0. The predicted octanol–water partition coefficient (Wildman–Crippen LogP) is 17.0. The molecule has 0 aromatic carbocycles. The molecular formula is C56H96O6. The Hall–Kier alpha value is -3.15. The minimum Gasteiger partial charge on any atom is -0.462 e. The van der Waals surface area contributed by atoms with Gasteiger partial charge in [0.15, 0.2) is 6.10 Å². The summed E-state index contributed by atoms with van der Waals surface area (Å²) in [6.45, 7) is 6.45. The van der Waals surface area contributed by atoms with Gasteiger partial charge >= 0.3 is 17.9 Å². The molecule has 0 amide bonds. The summed E-state index contributed by atoms with van der Waals surface area (Å²) in [6.07, 6.45) is 63.2. The van der Waals surface area contributed by atoms with Crippen molar-refractivity contribution in [2.75, 3.05) is 13.2 Å². The van der Waals surface area contributed by atoms with Crippen LogP contribution in [0.15, 0.2) is 72.9 Å². The average Bonchev–Trinajstić information content (AvgIpc) is 3.27. The molecule has 62 heavy (non-hydrogen) atoms. The molecule has 0 saturated carbocycles. The molecular weight excluding hydrogens is 769 g/mol. The van der Waals surface area contributed by atoms with E-state index in [1.807, 2.05) is 0 Å². The fourth-order valence-corrected chi connectivity index (χ4v) is 7.06. The molecule has 0 aliphatic carbocycles. The quantitative estimate of drug-likeness (QED) is 0.0262. The maximum Gasteiger partial charge on any atom is 0.306 e. The van der Waals surface area contributed by atoms with Crippen molar-refractivity contribution in [3.05, 3.63) is 72.9 Å². The van der Waals surface area contributed by atoms with Gasteiger partial charge in [-0.15, -0.1) is 0 Å². The monoisotopic (exact) mass is 865 g/mol. The topological polar surface area (TPSA) is 78.9 Å². The summed E-state index contributed by atoms with van der Waals surface area (Å²) >= 11 is 0. The Morgan fingerprint density at radius 2 is 0.645 bits per heavy atom. The van der Waals surface area contributed by atoms with Crippen LogP contribution in [0.1, 0.15) is 245 Å². The largest absolute Gasteiger partial charge is 0.462 e. The summed E-state index contributed by atoms with van der Waals surface area (Å²) in [5.41, 5.74) is 0. The summed E-state index contributed by atoms with van der Waals surface area (Å²) in [5.74, 6) is -0.961. The number of carbonyl (C=O) groups is 3. The maximum absolute atomic E-state index is 12.8. The van der Waals surface area contributed by atoms with Crippen LogP contribution in [-0.4, -0.2) is 37.2 Å². The number of unbranched alkanes of at least 4 members (excludes halogenated alkanes) is 23. The summed E-state index contributed by atoms with van der Waals surface area (Å²) in [6, 6.07) is 0. The number of esters is 3. The van der Waals surface area contributed by atoms with Crippen molar-refractivity contribution >= 4 is 17.9 Å². The molecule has 6 heteroatoms.